The second kappa shape index (κ2) is 9.58. The Bertz CT molecular complexity index is 1440. The molecule has 0 spiro atoms. The molecule has 174 valence electrons. The van der Waals surface area contributed by atoms with Crippen LogP contribution >= 0.6 is 0 Å². The van der Waals surface area contributed by atoms with E-state index in [-0.39, 0.29) is 5.88 Å². The third-order valence-electron chi connectivity index (χ3n) is 5.45. The highest BCUT2D eigenvalue weighted by atomic mass is 16.5. The topological polar surface area (TPSA) is 91.5 Å². The third-order valence-corrected chi connectivity index (χ3v) is 5.45. The molecule has 4 aromatic rings. The molecule has 8 heteroatoms. The van der Waals surface area contributed by atoms with Crippen molar-refractivity contribution in [3.8, 4) is 34.6 Å². The molecule has 34 heavy (non-hydrogen) atoms. The molecular weight excluding hydrogens is 436 g/mol. The molecule has 1 aromatic heterocycles. The number of methoxy groups -OCH3 is 4. The van der Waals surface area contributed by atoms with Gasteiger partial charge in [0.25, 0.3) is 5.56 Å². The summed E-state index contributed by atoms with van der Waals surface area (Å²) >= 11 is 0. The fraction of sp³-hybridized carbons (Fsp3) is 0.154. The minimum absolute atomic E-state index is 0.286. The van der Waals surface area contributed by atoms with Gasteiger partial charge >= 0.3 is 0 Å². The minimum Gasteiger partial charge on any atom is -0.497 e. The third kappa shape index (κ3) is 4.01. The highest BCUT2D eigenvalue weighted by molar-refractivity contribution is 6.02. The predicted octanol–water partition coefficient (Wildman–Crippen LogP) is 4.48. The number of hydrogen-bond acceptors (Lipinski definition) is 7. The molecule has 4 rings (SSSR count). The normalized spacial score (nSPS) is 11.1. The largest absolute Gasteiger partial charge is 0.497 e. The summed E-state index contributed by atoms with van der Waals surface area (Å²) < 4.78 is 22.6. The highest BCUT2D eigenvalue weighted by Gasteiger charge is 2.19. The van der Waals surface area contributed by atoms with Gasteiger partial charge in [-0.1, -0.05) is 18.2 Å². The number of pyridine rings is 1. The van der Waals surface area contributed by atoms with Crippen molar-refractivity contribution in [1.82, 2.24) is 4.57 Å². The molecule has 3 aromatic carbocycles. The van der Waals surface area contributed by atoms with Crippen LogP contribution in [0.5, 0.6) is 28.9 Å². The van der Waals surface area contributed by atoms with E-state index in [1.54, 1.807) is 67.8 Å². The molecule has 1 heterocycles. The summed E-state index contributed by atoms with van der Waals surface area (Å²) in [6, 6.07) is 17.2. The SMILES string of the molecule is COc1ccc(N=Cc2c(O)n(-c3cc(OC)ccc3OC)c(=O)c3ccccc23)c(OC)c1. The Hall–Kier alpha value is -4.46. The molecular formula is C26H24N2O6. The number of aromatic hydroxyl groups is 1. The first-order valence-corrected chi connectivity index (χ1v) is 10.4. The summed E-state index contributed by atoms with van der Waals surface area (Å²) in [7, 11) is 6.12. The van der Waals surface area contributed by atoms with Gasteiger partial charge in [-0.25, -0.2) is 4.57 Å². The molecule has 0 unspecified atom stereocenters. The maximum absolute atomic E-state index is 13.4. The van der Waals surface area contributed by atoms with Gasteiger partial charge in [0.2, 0.25) is 5.88 Å². The summed E-state index contributed by atoms with van der Waals surface area (Å²) in [6.07, 6.45) is 1.50. The van der Waals surface area contributed by atoms with Crippen LogP contribution in [-0.4, -0.2) is 44.3 Å². The van der Waals surface area contributed by atoms with E-state index in [2.05, 4.69) is 4.99 Å². The molecule has 0 saturated heterocycles. The Kier molecular flexibility index (Phi) is 6.40. The predicted molar refractivity (Wildman–Crippen MR) is 131 cm³/mol. The number of benzene rings is 3. The Morgan fingerprint density at radius 3 is 2.12 bits per heavy atom. The quantitative estimate of drug-likeness (QED) is 0.409. The first kappa shape index (κ1) is 22.7. The van der Waals surface area contributed by atoms with Gasteiger partial charge in [0.15, 0.2) is 0 Å². The summed E-state index contributed by atoms with van der Waals surface area (Å²) in [5.74, 6) is 1.75. The van der Waals surface area contributed by atoms with Crippen molar-refractivity contribution < 1.29 is 24.1 Å². The summed E-state index contributed by atoms with van der Waals surface area (Å²) in [4.78, 5) is 18.0. The summed E-state index contributed by atoms with van der Waals surface area (Å²) in [5.41, 5.74) is 0.826. The standard InChI is InChI=1S/C26H24N2O6/c1-31-16-10-12-23(33-3)22(13-16)28-25(29)19-8-6-5-7-18(19)20(26(28)30)15-27-21-11-9-17(32-2)14-24(21)34-4/h5-15,30H,1-4H3. The van der Waals surface area contributed by atoms with Crippen molar-refractivity contribution in [2.75, 3.05) is 28.4 Å². The number of nitrogens with zero attached hydrogens (tertiary/aromatic N) is 2. The summed E-state index contributed by atoms with van der Waals surface area (Å²) in [6.45, 7) is 0. The second-order valence-electron chi connectivity index (χ2n) is 7.26. The van der Waals surface area contributed by atoms with Crippen molar-refractivity contribution in [2.24, 2.45) is 4.99 Å². The van der Waals surface area contributed by atoms with Crippen molar-refractivity contribution in [1.29, 1.82) is 0 Å². The van der Waals surface area contributed by atoms with Crippen LogP contribution in [-0.2, 0) is 0 Å². The van der Waals surface area contributed by atoms with Crippen LogP contribution in [0.15, 0.2) is 70.5 Å². The zero-order valence-corrected chi connectivity index (χ0v) is 19.2. The molecule has 0 radical (unpaired) electrons. The van der Waals surface area contributed by atoms with Crippen LogP contribution in [0.25, 0.3) is 16.5 Å². The minimum atomic E-state index is -0.404. The van der Waals surface area contributed by atoms with Gasteiger partial charge in [0, 0.05) is 29.1 Å². The lowest BCUT2D eigenvalue weighted by Gasteiger charge is -2.17. The second-order valence-corrected chi connectivity index (χ2v) is 7.26. The Balaban J connectivity index is 1.98. The molecule has 1 N–H and O–H groups in total. The summed E-state index contributed by atoms with van der Waals surface area (Å²) in [5, 5.41) is 12.3. The number of ether oxygens (including phenoxy) is 4. The lowest BCUT2D eigenvalue weighted by Crippen LogP contribution is -2.20. The zero-order valence-electron chi connectivity index (χ0n) is 19.2. The number of hydrogen-bond donors (Lipinski definition) is 1. The molecule has 0 amide bonds. The van der Waals surface area contributed by atoms with E-state index in [0.717, 1.165) is 0 Å². The van der Waals surface area contributed by atoms with Gasteiger partial charge in [-0.3, -0.25) is 9.79 Å². The number of fused-ring (bicyclic) bond motifs is 1. The van der Waals surface area contributed by atoms with Crippen LogP contribution in [0.4, 0.5) is 5.69 Å². The lowest BCUT2D eigenvalue weighted by atomic mass is 10.1. The molecule has 0 saturated carbocycles. The number of aliphatic imine (C=N–C) groups is 1. The van der Waals surface area contributed by atoms with Crippen molar-refractivity contribution in [2.45, 2.75) is 0 Å². The van der Waals surface area contributed by atoms with Gasteiger partial charge in [-0.2, -0.15) is 0 Å². The average Bonchev–Trinajstić information content (AvgIpc) is 2.88. The van der Waals surface area contributed by atoms with E-state index in [0.29, 0.717) is 50.7 Å². The Labute approximate surface area is 196 Å². The van der Waals surface area contributed by atoms with Crippen LogP contribution in [0.2, 0.25) is 0 Å². The molecule has 8 nitrogen and oxygen atoms in total. The average molecular weight is 460 g/mol. The number of aromatic nitrogens is 1. The van der Waals surface area contributed by atoms with Crippen molar-refractivity contribution in [3.63, 3.8) is 0 Å². The molecule has 0 atom stereocenters. The highest BCUT2D eigenvalue weighted by Crippen LogP contribution is 2.34. The molecule has 0 aliphatic rings. The fourth-order valence-electron chi connectivity index (χ4n) is 3.71. The van der Waals surface area contributed by atoms with Crippen LogP contribution < -0.4 is 24.5 Å². The number of rotatable bonds is 7. The first-order chi connectivity index (χ1) is 16.5. The maximum Gasteiger partial charge on any atom is 0.265 e. The molecule has 0 fully saturated rings. The van der Waals surface area contributed by atoms with Crippen LogP contribution in [0.3, 0.4) is 0 Å². The van der Waals surface area contributed by atoms with Gasteiger partial charge in [0.1, 0.15) is 28.7 Å². The monoisotopic (exact) mass is 460 g/mol. The van der Waals surface area contributed by atoms with Crippen molar-refractivity contribution in [3.05, 3.63) is 76.6 Å². The van der Waals surface area contributed by atoms with E-state index < -0.39 is 5.56 Å². The van der Waals surface area contributed by atoms with Gasteiger partial charge in [-0.15, -0.1) is 0 Å². The Morgan fingerprint density at radius 1 is 0.794 bits per heavy atom. The fourth-order valence-corrected chi connectivity index (χ4v) is 3.71. The van der Waals surface area contributed by atoms with E-state index in [9.17, 15) is 9.90 Å². The zero-order chi connectivity index (χ0) is 24.2. The van der Waals surface area contributed by atoms with E-state index in [4.69, 9.17) is 18.9 Å². The lowest BCUT2D eigenvalue weighted by molar-refractivity contribution is 0.395. The van der Waals surface area contributed by atoms with E-state index in [1.807, 2.05) is 0 Å². The molecule has 0 aliphatic heterocycles. The van der Waals surface area contributed by atoms with Gasteiger partial charge in [0.05, 0.1) is 39.7 Å². The van der Waals surface area contributed by atoms with Crippen LogP contribution in [0.1, 0.15) is 5.56 Å². The van der Waals surface area contributed by atoms with E-state index in [1.165, 1.54) is 32.1 Å². The molecule has 0 bridgehead atoms. The smallest absolute Gasteiger partial charge is 0.265 e. The van der Waals surface area contributed by atoms with Crippen LogP contribution in [0, 0.1) is 0 Å². The molecule has 0 aliphatic carbocycles. The van der Waals surface area contributed by atoms with Gasteiger partial charge < -0.3 is 24.1 Å². The van der Waals surface area contributed by atoms with Gasteiger partial charge in [-0.05, 0) is 30.3 Å². The first-order valence-electron chi connectivity index (χ1n) is 10.4. The van der Waals surface area contributed by atoms with Crippen molar-refractivity contribution >= 4 is 22.7 Å². The van der Waals surface area contributed by atoms with E-state index >= 15 is 0 Å². The Morgan fingerprint density at radius 2 is 1.44 bits per heavy atom. The maximum atomic E-state index is 13.4.